The molecule has 2 unspecified atom stereocenters. The van der Waals surface area contributed by atoms with Gasteiger partial charge in [-0.2, -0.15) is 0 Å². The fourth-order valence-corrected chi connectivity index (χ4v) is 2.99. The molecule has 2 aliphatic rings. The van der Waals surface area contributed by atoms with Crippen molar-refractivity contribution in [3.63, 3.8) is 0 Å². The van der Waals surface area contributed by atoms with E-state index in [-0.39, 0.29) is 11.9 Å². The lowest BCUT2D eigenvalue weighted by Gasteiger charge is -2.30. The number of nitrogens with zero attached hydrogens (tertiary/aromatic N) is 3. The number of piperidine rings is 1. The van der Waals surface area contributed by atoms with Gasteiger partial charge in [-0.15, -0.1) is 10.2 Å². The van der Waals surface area contributed by atoms with Crippen LogP contribution in [0.5, 0.6) is 0 Å². The highest BCUT2D eigenvalue weighted by Gasteiger charge is 2.23. The van der Waals surface area contributed by atoms with Gasteiger partial charge in [0.1, 0.15) is 0 Å². The zero-order valence-corrected chi connectivity index (χ0v) is 12.5. The van der Waals surface area contributed by atoms with Gasteiger partial charge in [0, 0.05) is 25.7 Å². The van der Waals surface area contributed by atoms with E-state index in [1.807, 2.05) is 6.07 Å². The molecular weight excluding hydrogens is 266 g/mol. The fourth-order valence-electron chi connectivity index (χ4n) is 2.99. The summed E-state index contributed by atoms with van der Waals surface area (Å²) in [5.41, 5.74) is 0.399. The van der Waals surface area contributed by atoms with Gasteiger partial charge in [-0.1, -0.05) is 6.92 Å². The molecule has 1 aromatic rings. The number of amides is 1. The number of rotatable bonds is 3. The molecule has 6 heteroatoms. The summed E-state index contributed by atoms with van der Waals surface area (Å²) in [6, 6.07) is 3.85. The van der Waals surface area contributed by atoms with E-state index in [0.29, 0.717) is 11.6 Å². The first-order valence-corrected chi connectivity index (χ1v) is 7.84. The first-order valence-electron chi connectivity index (χ1n) is 7.84. The smallest absolute Gasteiger partial charge is 0.272 e. The third-order valence-corrected chi connectivity index (χ3v) is 4.46. The van der Waals surface area contributed by atoms with Crippen molar-refractivity contribution >= 4 is 11.7 Å². The van der Waals surface area contributed by atoms with E-state index in [1.165, 1.54) is 12.8 Å². The van der Waals surface area contributed by atoms with Gasteiger partial charge in [0.2, 0.25) is 0 Å². The zero-order chi connectivity index (χ0) is 14.7. The summed E-state index contributed by atoms with van der Waals surface area (Å²) in [5, 5.41) is 14.7. The second-order valence-corrected chi connectivity index (χ2v) is 6.02. The van der Waals surface area contributed by atoms with Crippen LogP contribution in [0.15, 0.2) is 12.1 Å². The summed E-state index contributed by atoms with van der Waals surface area (Å²) >= 11 is 0. The first kappa shape index (κ1) is 14.3. The van der Waals surface area contributed by atoms with Gasteiger partial charge in [0.15, 0.2) is 11.5 Å². The predicted molar refractivity (Wildman–Crippen MR) is 81.4 cm³/mol. The number of nitrogens with one attached hydrogen (secondary N) is 2. The minimum Gasteiger partial charge on any atom is -0.355 e. The van der Waals surface area contributed by atoms with Crippen molar-refractivity contribution in [2.45, 2.75) is 32.2 Å². The summed E-state index contributed by atoms with van der Waals surface area (Å²) in [4.78, 5) is 14.4. The van der Waals surface area contributed by atoms with Gasteiger partial charge < -0.3 is 15.5 Å². The SMILES string of the molecule is CC1CCNCC1NC(=O)c1ccc(N2CCCC2)nn1. The molecule has 3 rings (SSSR count). The summed E-state index contributed by atoms with van der Waals surface area (Å²) in [7, 11) is 0. The van der Waals surface area contributed by atoms with Crippen molar-refractivity contribution in [2.24, 2.45) is 5.92 Å². The Labute approximate surface area is 125 Å². The summed E-state index contributed by atoms with van der Waals surface area (Å²) in [5.74, 6) is 1.24. The van der Waals surface area contributed by atoms with Crippen LogP contribution in [0.1, 0.15) is 36.7 Å². The Kier molecular flexibility index (Phi) is 4.34. The molecule has 2 N–H and O–H groups in total. The van der Waals surface area contributed by atoms with Crippen molar-refractivity contribution in [3.05, 3.63) is 17.8 Å². The van der Waals surface area contributed by atoms with Crippen LogP contribution in [-0.4, -0.2) is 48.3 Å². The van der Waals surface area contributed by atoms with E-state index in [2.05, 4.69) is 32.7 Å². The molecule has 0 saturated carbocycles. The molecule has 2 aliphatic heterocycles. The molecule has 0 bridgehead atoms. The van der Waals surface area contributed by atoms with Crippen LogP contribution >= 0.6 is 0 Å². The van der Waals surface area contributed by atoms with Gasteiger partial charge in [-0.05, 0) is 43.9 Å². The Bertz CT molecular complexity index is 483. The number of hydrogen-bond donors (Lipinski definition) is 2. The Morgan fingerprint density at radius 2 is 2.14 bits per heavy atom. The van der Waals surface area contributed by atoms with Gasteiger partial charge in [-0.3, -0.25) is 4.79 Å². The topological polar surface area (TPSA) is 70.2 Å². The molecule has 0 radical (unpaired) electrons. The number of hydrogen-bond acceptors (Lipinski definition) is 5. The normalized spacial score (nSPS) is 25.9. The van der Waals surface area contributed by atoms with Crippen LogP contribution in [0.2, 0.25) is 0 Å². The average Bonchev–Trinajstić information content (AvgIpc) is 3.04. The number of carbonyl (C=O) groups excluding carboxylic acids is 1. The fraction of sp³-hybridized carbons (Fsp3) is 0.667. The summed E-state index contributed by atoms with van der Waals surface area (Å²) in [6.45, 7) is 6.09. The van der Waals surface area contributed by atoms with Gasteiger partial charge in [0.05, 0.1) is 0 Å². The Morgan fingerprint density at radius 1 is 1.33 bits per heavy atom. The van der Waals surface area contributed by atoms with E-state index in [9.17, 15) is 4.79 Å². The molecule has 2 atom stereocenters. The predicted octanol–water partition coefficient (Wildman–Crippen LogP) is 0.805. The Morgan fingerprint density at radius 3 is 2.81 bits per heavy atom. The second-order valence-electron chi connectivity index (χ2n) is 6.02. The maximum atomic E-state index is 12.2. The van der Waals surface area contributed by atoms with Gasteiger partial charge in [-0.25, -0.2) is 0 Å². The van der Waals surface area contributed by atoms with Gasteiger partial charge >= 0.3 is 0 Å². The lowest BCUT2D eigenvalue weighted by Crippen LogP contribution is -2.50. The van der Waals surface area contributed by atoms with Crippen LogP contribution in [0, 0.1) is 5.92 Å². The van der Waals surface area contributed by atoms with Crippen molar-refractivity contribution in [3.8, 4) is 0 Å². The largest absolute Gasteiger partial charge is 0.355 e. The Hall–Kier alpha value is -1.69. The van der Waals surface area contributed by atoms with Crippen molar-refractivity contribution < 1.29 is 4.79 Å². The van der Waals surface area contributed by atoms with Gasteiger partial charge in [0.25, 0.3) is 5.91 Å². The highest BCUT2D eigenvalue weighted by atomic mass is 16.2. The van der Waals surface area contributed by atoms with Crippen molar-refractivity contribution in [1.29, 1.82) is 0 Å². The second kappa shape index (κ2) is 6.39. The minimum atomic E-state index is -0.129. The number of carbonyl (C=O) groups is 1. The van der Waals surface area contributed by atoms with E-state index < -0.39 is 0 Å². The molecule has 1 aromatic heterocycles. The van der Waals surface area contributed by atoms with Crippen LogP contribution in [0.4, 0.5) is 5.82 Å². The molecule has 6 nitrogen and oxygen atoms in total. The highest BCUT2D eigenvalue weighted by molar-refractivity contribution is 5.92. The molecule has 3 heterocycles. The Balaban J connectivity index is 1.61. The molecule has 0 spiro atoms. The molecule has 1 amide bonds. The minimum absolute atomic E-state index is 0.129. The molecule has 0 aliphatic carbocycles. The number of anilines is 1. The van der Waals surface area contributed by atoms with Crippen molar-refractivity contribution in [1.82, 2.24) is 20.8 Å². The maximum absolute atomic E-state index is 12.2. The standard InChI is InChI=1S/C15H23N5O/c1-11-6-7-16-10-13(11)17-15(21)12-4-5-14(19-18-12)20-8-2-3-9-20/h4-5,11,13,16H,2-3,6-10H2,1H3,(H,17,21). The van der Waals surface area contributed by atoms with E-state index in [1.54, 1.807) is 6.07 Å². The van der Waals surface area contributed by atoms with E-state index in [0.717, 1.165) is 38.4 Å². The van der Waals surface area contributed by atoms with E-state index in [4.69, 9.17) is 0 Å². The summed E-state index contributed by atoms with van der Waals surface area (Å²) in [6.07, 6.45) is 3.50. The van der Waals surface area contributed by atoms with Crippen molar-refractivity contribution in [2.75, 3.05) is 31.1 Å². The maximum Gasteiger partial charge on any atom is 0.272 e. The highest BCUT2D eigenvalue weighted by Crippen LogP contribution is 2.17. The third kappa shape index (κ3) is 3.32. The van der Waals surface area contributed by atoms with E-state index >= 15 is 0 Å². The zero-order valence-electron chi connectivity index (χ0n) is 12.5. The van der Waals surface area contributed by atoms with Crippen LogP contribution < -0.4 is 15.5 Å². The molecular formula is C15H23N5O. The molecule has 0 aromatic carbocycles. The summed E-state index contributed by atoms with van der Waals surface area (Å²) < 4.78 is 0. The molecule has 2 saturated heterocycles. The lowest BCUT2D eigenvalue weighted by atomic mass is 9.95. The molecule has 21 heavy (non-hydrogen) atoms. The monoisotopic (exact) mass is 289 g/mol. The molecule has 114 valence electrons. The van der Waals surface area contributed by atoms with Crippen LogP contribution in [0.25, 0.3) is 0 Å². The molecule has 2 fully saturated rings. The quantitative estimate of drug-likeness (QED) is 0.861. The third-order valence-electron chi connectivity index (χ3n) is 4.46. The van der Waals surface area contributed by atoms with Crippen LogP contribution in [0.3, 0.4) is 0 Å². The average molecular weight is 289 g/mol. The first-order chi connectivity index (χ1) is 10.2. The lowest BCUT2D eigenvalue weighted by molar-refractivity contribution is 0.0909. The van der Waals surface area contributed by atoms with Crippen LogP contribution in [-0.2, 0) is 0 Å². The number of aromatic nitrogens is 2.